The molecule has 0 saturated heterocycles. The topological polar surface area (TPSA) is 73.6 Å². The number of methoxy groups -OCH3 is 2. The minimum absolute atomic E-state index is 0.0141. The van der Waals surface area contributed by atoms with Crippen molar-refractivity contribution in [1.82, 2.24) is 5.32 Å². The number of hydrogen-bond donors (Lipinski definition) is 2. The molecular weight excluding hydrogens is 244 g/mol. The second kappa shape index (κ2) is 7.63. The molecule has 0 spiro atoms. The van der Waals surface area contributed by atoms with Crippen molar-refractivity contribution in [2.75, 3.05) is 20.8 Å². The molecule has 19 heavy (non-hydrogen) atoms. The molecule has 1 atom stereocenters. The summed E-state index contributed by atoms with van der Waals surface area (Å²) in [5.41, 5.74) is 6.40. The minimum atomic E-state index is -0.0647. The molecule has 5 heteroatoms. The van der Waals surface area contributed by atoms with Crippen LogP contribution in [-0.4, -0.2) is 26.7 Å². The molecule has 3 N–H and O–H groups in total. The van der Waals surface area contributed by atoms with Gasteiger partial charge in [-0.1, -0.05) is 13.0 Å². The Bertz CT molecular complexity index is 421. The normalized spacial score (nSPS) is 11.8. The average molecular weight is 266 g/mol. The van der Waals surface area contributed by atoms with Crippen molar-refractivity contribution in [2.24, 2.45) is 11.7 Å². The highest BCUT2D eigenvalue weighted by Crippen LogP contribution is 2.27. The van der Waals surface area contributed by atoms with E-state index < -0.39 is 0 Å². The number of nitrogens with two attached hydrogens (primary N) is 1. The van der Waals surface area contributed by atoms with E-state index in [4.69, 9.17) is 15.2 Å². The fourth-order valence-electron chi connectivity index (χ4n) is 1.74. The Morgan fingerprint density at radius 1 is 1.32 bits per heavy atom. The predicted molar refractivity (Wildman–Crippen MR) is 74.2 cm³/mol. The quantitative estimate of drug-likeness (QED) is 0.780. The number of rotatable bonds is 7. The molecule has 1 aromatic rings. The van der Waals surface area contributed by atoms with E-state index in [0.717, 1.165) is 5.56 Å². The van der Waals surface area contributed by atoms with Gasteiger partial charge < -0.3 is 20.5 Å². The smallest absolute Gasteiger partial charge is 0.223 e. The van der Waals surface area contributed by atoms with Crippen LogP contribution < -0.4 is 20.5 Å². The van der Waals surface area contributed by atoms with Crippen molar-refractivity contribution in [1.29, 1.82) is 0 Å². The van der Waals surface area contributed by atoms with Gasteiger partial charge in [-0.25, -0.2) is 0 Å². The molecule has 0 aromatic heterocycles. The van der Waals surface area contributed by atoms with E-state index in [2.05, 4.69) is 5.32 Å². The molecule has 0 heterocycles. The molecule has 106 valence electrons. The SMILES string of the molecule is COc1ccc(CNC(=O)C(C)CCN)cc1OC. The van der Waals surface area contributed by atoms with Gasteiger partial charge in [0.05, 0.1) is 14.2 Å². The Labute approximate surface area is 114 Å². The van der Waals surface area contributed by atoms with Gasteiger partial charge in [-0.2, -0.15) is 0 Å². The van der Waals surface area contributed by atoms with E-state index in [1.807, 2.05) is 25.1 Å². The summed E-state index contributed by atoms with van der Waals surface area (Å²) in [4.78, 5) is 11.8. The lowest BCUT2D eigenvalue weighted by atomic mass is 10.1. The highest BCUT2D eigenvalue weighted by atomic mass is 16.5. The van der Waals surface area contributed by atoms with Crippen molar-refractivity contribution in [3.8, 4) is 11.5 Å². The number of hydrogen-bond acceptors (Lipinski definition) is 4. The van der Waals surface area contributed by atoms with Crippen molar-refractivity contribution in [2.45, 2.75) is 19.9 Å². The summed E-state index contributed by atoms with van der Waals surface area (Å²) in [5.74, 6) is 1.28. The summed E-state index contributed by atoms with van der Waals surface area (Å²) in [6.07, 6.45) is 0.692. The summed E-state index contributed by atoms with van der Waals surface area (Å²) in [6, 6.07) is 5.57. The molecule has 5 nitrogen and oxygen atoms in total. The van der Waals surface area contributed by atoms with Crippen molar-refractivity contribution in [3.63, 3.8) is 0 Å². The van der Waals surface area contributed by atoms with Crippen LogP contribution in [0.3, 0.4) is 0 Å². The van der Waals surface area contributed by atoms with Crippen LogP contribution in [-0.2, 0) is 11.3 Å². The lowest BCUT2D eigenvalue weighted by molar-refractivity contribution is -0.124. The van der Waals surface area contributed by atoms with Crippen LogP contribution in [0.25, 0.3) is 0 Å². The number of ether oxygens (including phenoxy) is 2. The third kappa shape index (κ3) is 4.44. The molecule has 0 aliphatic heterocycles. The Hall–Kier alpha value is -1.75. The number of benzene rings is 1. The monoisotopic (exact) mass is 266 g/mol. The minimum Gasteiger partial charge on any atom is -0.493 e. The van der Waals surface area contributed by atoms with E-state index in [0.29, 0.717) is 31.0 Å². The second-order valence-corrected chi connectivity index (χ2v) is 4.39. The Morgan fingerprint density at radius 3 is 2.58 bits per heavy atom. The maximum atomic E-state index is 11.8. The molecule has 0 radical (unpaired) electrons. The molecule has 0 fully saturated rings. The van der Waals surface area contributed by atoms with Gasteiger partial charge in [-0.05, 0) is 30.7 Å². The van der Waals surface area contributed by atoms with Crippen molar-refractivity contribution >= 4 is 5.91 Å². The lowest BCUT2D eigenvalue weighted by Crippen LogP contribution is -2.29. The Kier molecular flexibility index (Phi) is 6.15. The van der Waals surface area contributed by atoms with Crippen LogP contribution in [0.15, 0.2) is 18.2 Å². The van der Waals surface area contributed by atoms with Crippen LogP contribution in [0.4, 0.5) is 0 Å². The van der Waals surface area contributed by atoms with Crippen LogP contribution >= 0.6 is 0 Å². The van der Waals surface area contributed by atoms with Crippen molar-refractivity contribution in [3.05, 3.63) is 23.8 Å². The maximum absolute atomic E-state index is 11.8. The van der Waals surface area contributed by atoms with Gasteiger partial charge in [0.2, 0.25) is 5.91 Å². The van der Waals surface area contributed by atoms with Gasteiger partial charge in [0.1, 0.15) is 0 Å². The first-order valence-corrected chi connectivity index (χ1v) is 6.31. The largest absolute Gasteiger partial charge is 0.493 e. The molecule has 1 unspecified atom stereocenters. The van der Waals surface area contributed by atoms with Gasteiger partial charge in [0.25, 0.3) is 0 Å². The lowest BCUT2D eigenvalue weighted by Gasteiger charge is -2.12. The summed E-state index contributed by atoms with van der Waals surface area (Å²) < 4.78 is 10.4. The molecule has 0 saturated carbocycles. The van der Waals surface area contributed by atoms with Crippen LogP contribution in [0, 0.1) is 5.92 Å². The van der Waals surface area contributed by atoms with E-state index in [9.17, 15) is 4.79 Å². The predicted octanol–water partition coefficient (Wildman–Crippen LogP) is 1.30. The first-order chi connectivity index (χ1) is 9.12. The van der Waals surface area contributed by atoms with Crippen LogP contribution in [0.2, 0.25) is 0 Å². The highest BCUT2D eigenvalue weighted by Gasteiger charge is 2.11. The zero-order valence-corrected chi connectivity index (χ0v) is 11.7. The standard InChI is InChI=1S/C14H22N2O3/c1-10(6-7-15)14(17)16-9-11-4-5-12(18-2)13(8-11)19-3/h4-5,8,10H,6-7,9,15H2,1-3H3,(H,16,17). The molecule has 1 rings (SSSR count). The Balaban J connectivity index is 2.60. The third-order valence-corrected chi connectivity index (χ3v) is 2.96. The van der Waals surface area contributed by atoms with E-state index >= 15 is 0 Å². The summed E-state index contributed by atoms with van der Waals surface area (Å²) in [7, 11) is 3.18. The average Bonchev–Trinajstić information content (AvgIpc) is 2.44. The van der Waals surface area contributed by atoms with E-state index in [1.54, 1.807) is 14.2 Å². The second-order valence-electron chi connectivity index (χ2n) is 4.39. The molecular formula is C14H22N2O3. The number of carbonyl (C=O) groups excluding carboxylic acids is 1. The van der Waals surface area contributed by atoms with Crippen molar-refractivity contribution < 1.29 is 14.3 Å². The summed E-state index contributed by atoms with van der Waals surface area (Å²) in [6.45, 7) is 2.86. The van der Waals surface area contributed by atoms with Gasteiger partial charge in [0, 0.05) is 12.5 Å². The van der Waals surface area contributed by atoms with Gasteiger partial charge in [-0.3, -0.25) is 4.79 Å². The first-order valence-electron chi connectivity index (χ1n) is 6.31. The number of carbonyl (C=O) groups is 1. The summed E-state index contributed by atoms with van der Waals surface area (Å²) in [5, 5.41) is 2.88. The highest BCUT2D eigenvalue weighted by molar-refractivity contribution is 5.78. The zero-order chi connectivity index (χ0) is 14.3. The Morgan fingerprint density at radius 2 is 2.00 bits per heavy atom. The van der Waals surface area contributed by atoms with Gasteiger partial charge >= 0.3 is 0 Å². The van der Waals surface area contributed by atoms with Gasteiger partial charge in [0.15, 0.2) is 11.5 Å². The number of amides is 1. The molecule has 0 bridgehead atoms. The fourth-order valence-corrected chi connectivity index (χ4v) is 1.74. The summed E-state index contributed by atoms with van der Waals surface area (Å²) >= 11 is 0. The molecule has 1 amide bonds. The molecule has 1 aromatic carbocycles. The first kappa shape index (κ1) is 15.3. The maximum Gasteiger partial charge on any atom is 0.223 e. The van der Waals surface area contributed by atoms with Gasteiger partial charge in [-0.15, -0.1) is 0 Å². The van der Waals surface area contributed by atoms with E-state index in [-0.39, 0.29) is 11.8 Å². The fraction of sp³-hybridized carbons (Fsp3) is 0.500. The van der Waals surface area contributed by atoms with Crippen LogP contribution in [0.1, 0.15) is 18.9 Å². The number of nitrogens with one attached hydrogen (secondary N) is 1. The zero-order valence-electron chi connectivity index (χ0n) is 11.7. The molecule has 0 aliphatic rings. The third-order valence-electron chi connectivity index (χ3n) is 2.96. The van der Waals surface area contributed by atoms with E-state index in [1.165, 1.54) is 0 Å². The molecule has 0 aliphatic carbocycles. The van der Waals surface area contributed by atoms with Crippen LogP contribution in [0.5, 0.6) is 11.5 Å².